The summed E-state index contributed by atoms with van der Waals surface area (Å²) < 4.78 is 13.4. The Morgan fingerprint density at radius 3 is 2.58 bits per heavy atom. The van der Waals surface area contributed by atoms with Crippen molar-refractivity contribution in [2.45, 2.75) is 89.3 Å². The summed E-state index contributed by atoms with van der Waals surface area (Å²) in [7, 11) is 0. The fourth-order valence-corrected chi connectivity index (χ4v) is 6.20. The van der Waals surface area contributed by atoms with Crippen molar-refractivity contribution in [1.82, 2.24) is 0 Å². The van der Waals surface area contributed by atoms with E-state index in [0.29, 0.717) is 0 Å². The minimum atomic E-state index is -0.536. The molecule has 0 radical (unpaired) electrons. The second kappa shape index (κ2) is 6.47. The molecule has 3 nitrogen and oxygen atoms in total. The molecule has 142 valence electrons. The van der Waals surface area contributed by atoms with E-state index in [9.17, 15) is 5.11 Å². The third-order valence-corrected chi connectivity index (χ3v) is 6.89. The summed E-state index contributed by atoms with van der Waals surface area (Å²) in [4.78, 5) is 0. The van der Waals surface area contributed by atoms with Gasteiger partial charge in [-0.15, -0.1) is 6.58 Å². The first-order chi connectivity index (χ1) is 12.4. The van der Waals surface area contributed by atoms with Crippen LogP contribution in [0.5, 0.6) is 0 Å². The summed E-state index contributed by atoms with van der Waals surface area (Å²) in [5.74, 6) is 0. The topological polar surface area (TPSA) is 38.7 Å². The van der Waals surface area contributed by atoms with E-state index in [0.717, 1.165) is 32.1 Å². The Hall–Kier alpha value is -1.16. The molecule has 0 amide bonds. The maximum Gasteiger partial charge on any atom is 0.113 e. The van der Waals surface area contributed by atoms with Crippen LogP contribution in [0.1, 0.15) is 68.2 Å². The molecule has 2 heterocycles. The van der Waals surface area contributed by atoms with E-state index in [1.54, 1.807) is 0 Å². The van der Waals surface area contributed by atoms with Crippen molar-refractivity contribution in [3.63, 3.8) is 0 Å². The quantitative estimate of drug-likeness (QED) is 0.789. The van der Waals surface area contributed by atoms with Crippen molar-refractivity contribution in [2.75, 3.05) is 0 Å². The monoisotopic (exact) mass is 356 g/mol. The van der Waals surface area contributed by atoms with Gasteiger partial charge in [-0.1, -0.05) is 48.2 Å². The van der Waals surface area contributed by atoms with Crippen LogP contribution in [0.4, 0.5) is 0 Å². The number of ether oxygens (including phenoxy) is 2. The molecule has 1 aliphatic carbocycles. The van der Waals surface area contributed by atoms with E-state index in [-0.39, 0.29) is 29.3 Å². The highest BCUT2D eigenvalue weighted by atomic mass is 16.6. The third kappa shape index (κ3) is 2.51. The first-order valence-corrected chi connectivity index (χ1v) is 10.1. The largest absolute Gasteiger partial charge is 0.391 e. The molecule has 1 saturated carbocycles. The number of benzene rings is 1. The molecular weight excluding hydrogens is 324 g/mol. The van der Waals surface area contributed by atoms with Crippen molar-refractivity contribution in [3.8, 4) is 0 Å². The molecule has 0 unspecified atom stereocenters. The van der Waals surface area contributed by atoms with E-state index in [1.807, 2.05) is 13.0 Å². The molecule has 0 bridgehead atoms. The van der Waals surface area contributed by atoms with Gasteiger partial charge >= 0.3 is 0 Å². The van der Waals surface area contributed by atoms with Crippen LogP contribution in [0.25, 0.3) is 0 Å². The summed E-state index contributed by atoms with van der Waals surface area (Å²) in [6.07, 6.45) is 7.68. The normalized spacial score (nSPS) is 40.1. The SMILES string of the molecule is C=CC[C@@H]1C[C@]23CCCC[C@@]2(O1)[C@H]([C@@H](C)O)O[C@@H]3c1cc(C)cc(C)c1. The van der Waals surface area contributed by atoms with Crippen molar-refractivity contribution in [1.29, 1.82) is 0 Å². The van der Waals surface area contributed by atoms with Gasteiger partial charge in [0.25, 0.3) is 0 Å². The van der Waals surface area contributed by atoms with Gasteiger partial charge in [0.1, 0.15) is 11.7 Å². The van der Waals surface area contributed by atoms with Crippen LogP contribution in [0.15, 0.2) is 30.9 Å². The molecule has 3 fully saturated rings. The van der Waals surface area contributed by atoms with E-state index >= 15 is 0 Å². The fraction of sp³-hybridized carbons (Fsp3) is 0.652. The van der Waals surface area contributed by atoms with Gasteiger partial charge in [-0.3, -0.25) is 0 Å². The molecule has 1 N–H and O–H groups in total. The van der Waals surface area contributed by atoms with Crippen LogP contribution in [0.3, 0.4) is 0 Å². The lowest BCUT2D eigenvalue weighted by Crippen LogP contribution is -2.54. The molecular formula is C23H32O3. The highest BCUT2D eigenvalue weighted by Crippen LogP contribution is 2.69. The number of hydrogen-bond donors (Lipinski definition) is 1. The Balaban J connectivity index is 1.84. The third-order valence-electron chi connectivity index (χ3n) is 6.89. The minimum Gasteiger partial charge on any atom is -0.391 e. The molecule has 0 spiro atoms. The average Bonchev–Trinajstić information content (AvgIpc) is 3.03. The van der Waals surface area contributed by atoms with Crippen molar-refractivity contribution in [3.05, 3.63) is 47.5 Å². The number of rotatable bonds is 4. The summed E-state index contributed by atoms with van der Waals surface area (Å²) >= 11 is 0. The summed E-state index contributed by atoms with van der Waals surface area (Å²) in [6.45, 7) is 10.1. The first kappa shape index (κ1) is 18.2. The minimum absolute atomic E-state index is 0.00387. The van der Waals surface area contributed by atoms with Crippen LogP contribution in [0.2, 0.25) is 0 Å². The van der Waals surface area contributed by atoms with Crippen molar-refractivity contribution in [2.24, 2.45) is 5.41 Å². The summed E-state index contributed by atoms with van der Waals surface area (Å²) in [5.41, 5.74) is 3.38. The molecule has 2 saturated heterocycles. The molecule has 3 aliphatic rings. The predicted octanol–water partition coefficient (Wildman–Crippen LogP) is 4.79. The first-order valence-electron chi connectivity index (χ1n) is 10.1. The zero-order valence-corrected chi connectivity index (χ0v) is 16.3. The van der Waals surface area contributed by atoms with Gasteiger partial charge in [-0.25, -0.2) is 0 Å². The van der Waals surface area contributed by atoms with Crippen molar-refractivity contribution >= 4 is 0 Å². The van der Waals surface area contributed by atoms with Crippen LogP contribution in [-0.4, -0.2) is 29.0 Å². The lowest BCUT2D eigenvalue weighted by molar-refractivity contribution is -0.152. The molecule has 2 aliphatic heterocycles. The van der Waals surface area contributed by atoms with Gasteiger partial charge in [-0.2, -0.15) is 0 Å². The molecule has 0 aromatic heterocycles. The number of aryl methyl sites for hydroxylation is 2. The maximum absolute atomic E-state index is 10.6. The Labute approximate surface area is 157 Å². The van der Waals surface area contributed by atoms with Gasteiger partial charge in [0.05, 0.1) is 18.3 Å². The van der Waals surface area contributed by atoms with Crippen LogP contribution >= 0.6 is 0 Å². The Kier molecular flexibility index (Phi) is 4.53. The predicted molar refractivity (Wildman–Crippen MR) is 103 cm³/mol. The lowest BCUT2D eigenvalue weighted by Gasteiger charge is -2.46. The second-order valence-electron chi connectivity index (χ2n) is 8.82. The van der Waals surface area contributed by atoms with Gasteiger partial charge in [0, 0.05) is 5.41 Å². The van der Waals surface area contributed by atoms with Crippen LogP contribution < -0.4 is 0 Å². The zero-order valence-electron chi connectivity index (χ0n) is 16.3. The highest BCUT2D eigenvalue weighted by molar-refractivity contribution is 5.35. The van der Waals surface area contributed by atoms with Gasteiger partial charge < -0.3 is 14.6 Å². The number of aliphatic hydroxyl groups excluding tert-OH is 1. The van der Waals surface area contributed by atoms with Gasteiger partial charge in [-0.05, 0) is 52.0 Å². The fourth-order valence-electron chi connectivity index (χ4n) is 6.20. The molecule has 1 aromatic carbocycles. The van der Waals surface area contributed by atoms with Crippen LogP contribution in [0, 0.1) is 19.3 Å². The van der Waals surface area contributed by atoms with E-state index in [1.165, 1.54) is 23.1 Å². The maximum atomic E-state index is 10.6. The Bertz CT molecular complexity index is 676. The van der Waals surface area contributed by atoms with E-state index < -0.39 is 6.10 Å². The van der Waals surface area contributed by atoms with Gasteiger partial charge in [0.15, 0.2) is 0 Å². The number of hydrogen-bond acceptors (Lipinski definition) is 3. The average molecular weight is 357 g/mol. The molecule has 4 rings (SSSR count). The van der Waals surface area contributed by atoms with E-state index in [2.05, 4.69) is 38.6 Å². The Morgan fingerprint density at radius 2 is 1.92 bits per heavy atom. The molecule has 1 aromatic rings. The molecule has 6 atom stereocenters. The van der Waals surface area contributed by atoms with Gasteiger partial charge in [0.2, 0.25) is 0 Å². The second-order valence-corrected chi connectivity index (χ2v) is 8.82. The smallest absolute Gasteiger partial charge is 0.113 e. The summed E-state index contributed by atoms with van der Waals surface area (Å²) in [6, 6.07) is 6.73. The van der Waals surface area contributed by atoms with Crippen molar-refractivity contribution < 1.29 is 14.6 Å². The Morgan fingerprint density at radius 1 is 1.23 bits per heavy atom. The molecule has 26 heavy (non-hydrogen) atoms. The number of aliphatic hydroxyl groups is 1. The summed E-state index contributed by atoms with van der Waals surface area (Å²) in [5, 5.41) is 10.6. The highest BCUT2D eigenvalue weighted by Gasteiger charge is 2.72. The standard InChI is InChI=1S/C23H32O3/c1-5-8-19-14-22-9-6-7-10-23(22,26-19)20(17(4)24)25-21(22)18-12-15(2)11-16(3)13-18/h5,11-13,17,19-21,24H,1,6-10,14H2,2-4H3/t17-,19-,20+,21-,22+,23-/m1/s1. The zero-order chi connectivity index (χ0) is 18.5. The lowest BCUT2D eigenvalue weighted by atomic mass is 9.58. The molecule has 3 heteroatoms. The van der Waals surface area contributed by atoms with Crippen LogP contribution in [-0.2, 0) is 9.47 Å². The van der Waals surface area contributed by atoms with E-state index in [4.69, 9.17) is 9.47 Å².